The summed E-state index contributed by atoms with van der Waals surface area (Å²) in [5.74, 6) is -3.00. The van der Waals surface area contributed by atoms with Gasteiger partial charge in [0.1, 0.15) is 6.04 Å². The minimum absolute atomic E-state index is 0.0316. The van der Waals surface area contributed by atoms with Crippen molar-refractivity contribution >= 4 is 34.5 Å². The number of benzene rings is 1. The first-order valence-corrected chi connectivity index (χ1v) is 10.2. The molecular formula is C21H23N7O4. The van der Waals surface area contributed by atoms with Gasteiger partial charge in [-0.15, -0.1) is 0 Å². The number of imidazole rings is 1. The smallest absolute Gasteiger partial charge is 0.318 e. The van der Waals surface area contributed by atoms with Crippen LogP contribution in [-0.2, 0) is 32.0 Å². The fraction of sp³-hybridized carbons (Fsp3) is 0.286. The number of nitrogens with two attached hydrogens (primary N) is 1. The Balaban J connectivity index is 1.56. The van der Waals surface area contributed by atoms with Crippen molar-refractivity contribution in [3.05, 3.63) is 54.2 Å². The lowest BCUT2D eigenvalue weighted by molar-refractivity contribution is -0.156. The van der Waals surface area contributed by atoms with Gasteiger partial charge in [-0.05, 0) is 11.6 Å². The molecule has 1 saturated heterocycles. The Labute approximate surface area is 182 Å². The number of nitrogens with one attached hydrogen (secondary N) is 4. The third-order valence-electron chi connectivity index (χ3n) is 5.37. The average Bonchev–Trinajstić information content (AvgIpc) is 3.45. The minimum Gasteiger partial charge on any atom is -0.361 e. The van der Waals surface area contributed by atoms with Crippen LogP contribution < -0.4 is 16.4 Å². The fourth-order valence-corrected chi connectivity index (χ4v) is 3.70. The lowest BCUT2D eigenvalue weighted by Crippen LogP contribution is -2.60. The van der Waals surface area contributed by atoms with Crippen molar-refractivity contribution in [3.63, 3.8) is 0 Å². The fourth-order valence-electron chi connectivity index (χ4n) is 3.70. The number of H-pyrrole nitrogens is 2. The molecule has 4 amide bonds. The third-order valence-corrected chi connectivity index (χ3v) is 5.37. The van der Waals surface area contributed by atoms with Crippen LogP contribution in [0.15, 0.2) is 43.0 Å². The van der Waals surface area contributed by atoms with Crippen molar-refractivity contribution in [2.24, 2.45) is 5.73 Å². The first-order valence-electron chi connectivity index (χ1n) is 10.2. The van der Waals surface area contributed by atoms with E-state index in [1.165, 1.54) is 6.33 Å². The molecule has 0 radical (unpaired) electrons. The van der Waals surface area contributed by atoms with Gasteiger partial charge in [0.15, 0.2) is 0 Å². The summed E-state index contributed by atoms with van der Waals surface area (Å²) in [6, 6.07) is 5.53. The summed E-state index contributed by atoms with van der Waals surface area (Å²) in [4.78, 5) is 60.8. The zero-order chi connectivity index (χ0) is 22.7. The Hall–Kier alpha value is -3.99. The molecule has 1 aromatic carbocycles. The Morgan fingerprint density at radius 1 is 1.19 bits per heavy atom. The number of rotatable bonds is 7. The number of para-hydroxylation sites is 1. The van der Waals surface area contributed by atoms with E-state index in [4.69, 9.17) is 5.73 Å². The molecule has 1 fully saturated rings. The molecule has 2 atom stereocenters. The highest BCUT2D eigenvalue weighted by Crippen LogP contribution is 2.20. The second-order valence-corrected chi connectivity index (χ2v) is 7.56. The number of hydrogen-bond donors (Lipinski definition) is 5. The molecule has 32 heavy (non-hydrogen) atoms. The van der Waals surface area contributed by atoms with Crippen molar-refractivity contribution in [2.45, 2.75) is 24.9 Å². The molecule has 11 heteroatoms. The lowest BCUT2D eigenvalue weighted by Gasteiger charge is -2.29. The number of amides is 4. The van der Waals surface area contributed by atoms with Crippen LogP contribution >= 0.6 is 0 Å². The van der Waals surface area contributed by atoms with E-state index in [2.05, 4.69) is 25.6 Å². The van der Waals surface area contributed by atoms with E-state index < -0.39 is 35.7 Å². The molecule has 1 aliphatic heterocycles. The molecule has 11 nitrogen and oxygen atoms in total. The molecular weight excluding hydrogens is 414 g/mol. The van der Waals surface area contributed by atoms with Crippen LogP contribution in [0, 0.1) is 0 Å². The van der Waals surface area contributed by atoms with Gasteiger partial charge in [0.05, 0.1) is 12.4 Å². The van der Waals surface area contributed by atoms with Gasteiger partial charge >= 0.3 is 11.8 Å². The summed E-state index contributed by atoms with van der Waals surface area (Å²) in [7, 11) is 0. The maximum atomic E-state index is 13.2. The highest BCUT2D eigenvalue weighted by Gasteiger charge is 2.36. The van der Waals surface area contributed by atoms with Crippen LogP contribution in [0.25, 0.3) is 10.9 Å². The summed E-state index contributed by atoms with van der Waals surface area (Å²) in [6.07, 6.45) is 5.12. The number of carbonyl (C=O) groups excluding carboxylic acids is 4. The second-order valence-electron chi connectivity index (χ2n) is 7.56. The van der Waals surface area contributed by atoms with Crippen LogP contribution in [0.4, 0.5) is 0 Å². The summed E-state index contributed by atoms with van der Waals surface area (Å²) in [5.41, 5.74) is 8.37. The Bertz CT molecular complexity index is 1150. The molecule has 0 bridgehead atoms. The number of aromatic amines is 2. The zero-order valence-electron chi connectivity index (χ0n) is 17.1. The van der Waals surface area contributed by atoms with Gasteiger partial charge in [-0.1, -0.05) is 18.2 Å². The number of nitrogens with zero attached hydrogens (tertiary/aromatic N) is 2. The topological polar surface area (TPSA) is 166 Å². The van der Waals surface area contributed by atoms with Gasteiger partial charge in [0, 0.05) is 54.9 Å². The number of imide groups is 1. The van der Waals surface area contributed by atoms with E-state index in [-0.39, 0.29) is 25.9 Å². The molecule has 3 aromatic rings. The largest absolute Gasteiger partial charge is 0.361 e. The molecule has 166 valence electrons. The van der Waals surface area contributed by atoms with Crippen LogP contribution in [-0.4, -0.2) is 68.7 Å². The zero-order valence-corrected chi connectivity index (χ0v) is 17.1. The SMILES string of the molecule is N[C@@H](Cc1cnc[nH]1)C(=O)N[C@@H](Cc1c[nH]c2ccccc12)C(=O)N1CCNC(=O)C1=O. The Kier molecular flexibility index (Phi) is 5.99. The van der Waals surface area contributed by atoms with Gasteiger partial charge < -0.3 is 26.3 Å². The summed E-state index contributed by atoms with van der Waals surface area (Å²) in [6.45, 7) is 0.188. The third kappa shape index (κ3) is 4.37. The van der Waals surface area contributed by atoms with E-state index in [9.17, 15) is 19.2 Å². The van der Waals surface area contributed by atoms with E-state index in [1.54, 1.807) is 12.4 Å². The molecule has 2 aromatic heterocycles. The molecule has 1 aliphatic rings. The first-order chi connectivity index (χ1) is 15.4. The van der Waals surface area contributed by atoms with E-state index in [0.29, 0.717) is 5.69 Å². The van der Waals surface area contributed by atoms with Gasteiger partial charge in [-0.2, -0.15) is 0 Å². The van der Waals surface area contributed by atoms with Crippen LogP contribution in [0.3, 0.4) is 0 Å². The lowest BCUT2D eigenvalue weighted by atomic mass is 10.0. The maximum absolute atomic E-state index is 13.2. The molecule has 3 heterocycles. The van der Waals surface area contributed by atoms with Crippen LogP contribution in [0.5, 0.6) is 0 Å². The van der Waals surface area contributed by atoms with Crippen LogP contribution in [0.2, 0.25) is 0 Å². The summed E-state index contributed by atoms with van der Waals surface area (Å²) >= 11 is 0. The molecule has 4 rings (SSSR count). The molecule has 0 saturated carbocycles. The van der Waals surface area contributed by atoms with E-state index >= 15 is 0 Å². The van der Waals surface area contributed by atoms with E-state index in [1.807, 2.05) is 24.3 Å². The molecule has 0 unspecified atom stereocenters. The number of piperazine rings is 1. The Morgan fingerprint density at radius 3 is 2.78 bits per heavy atom. The predicted octanol–water partition coefficient (Wildman–Crippen LogP) is -1.03. The van der Waals surface area contributed by atoms with Gasteiger partial charge in [-0.3, -0.25) is 24.1 Å². The van der Waals surface area contributed by atoms with Crippen molar-refractivity contribution in [1.29, 1.82) is 0 Å². The normalized spacial score (nSPS) is 16.0. The first kappa shape index (κ1) is 21.2. The average molecular weight is 437 g/mol. The second kappa shape index (κ2) is 9.02. The van der Waals surface area contributed by atoms with Gasteiger partial charge in [-0.25, -0.2) is 4.98 Å². The number of hydrogen-bond acceptors (Lipinski definition) is 6. The number of aromatic nitrogens is 3. The Morgan fingerprint density at radius 2 is 2.00 bits per heavy atom. The van der Waals surface area contributed by atoms with Crippen molar-refractivity contribution in [3.8, 4) is 0 Å². The highest BCUT2D eigenvalue weighted by atomic mass is 16.2. The van der Waals surface area contributed by atoms with Crippen molar-refractivity contribution < 1.29 is 19.2 Å². The quantitative estimate of drug-likeness (QED) is 0.297. The highest BCUT2D eigenvalue weighted by molar-refractivity contribution is 6.38. The number of fused-ring (bicyclic) bond motifs is 1. The van der Waals surface area contributed by atoms with E-state index in [0.717, 1.165) is 21.4 Å². The standard InChI is InChI=1S/C21H23N7O4/c22-15(8-13-10-23-11-26-13)18(29)27-17(20(31)28-6-5-24-19(30)21(28)32)7-12-9-25-16-4-2-1-3-14(12)16/h1-4,9-11,15,17,25H,5-8,22H2,(H,23,26)(H,24,30)(H,27,29)/t15-,17-/m0/s1. The predicted molar refractivity (Wildman–Crippen MR) is 114 cm³/mol. The number of carbonyl (C=O) groups is 4. The molecule has 0 aliphatic carbocycles. The van der Waals surface area contributed by atoms with Crippen LogP contribution in [0.1, 0.15) is 11.3 Å². The maximum Gasteiger partial charge on any atom is 0.318 e. The monoisotopic (exact) mass is 437 g/mol. The summed E-state index contributed by atoms with van der Waals surface area (Å²) < 4.78 is 0. The van der Waals surface area contributed by atoms with Crippen molar-refractivity contribution in [1.82, 2.24) is 30.5 Å². The van der Waals surface area contributed by atoms with Crippen molar-refractivity contribution in [2.75, 3.05) is 13.1 Å². The van der Waals surface area contributed by atoms with Gasteiger partial charge in [0.25, 0.3) is 5.91 Å². The molecule has 0 spiro atoms. The molecule has 6 N–H and O–H groups in total. The summed E-state index contributed by atoms with van der Waals surface area (Å²) in [5, 5.41) is 5.97. The minimum atomic E-state index is -1.08. The van der Waals surface area contributed by atoms with Gasteiger partial charge in [0.2, 0.25) is 5.91 Å².